The van der Waals surface area contributed by atoms with Crippen LogP contribution in [0.3, 0.4) is 0 Å². The minimum atomic E-state index is -0.606. The third kappa shape index (κ3) is 3.57. The highest BCUT2D eigenvalue weighted by atomic mass is 16.5. The fraction of sp³-hybridized carbons (Fsp3) is 0.636. The van der Waals surface area contributed by atoms with Crippen molar-refractivity contribution in [2.24, 2.45) is 0 Å². The lowest BCUT2D eigenvalue weighted by Crippen LogP contribution is -2.11. The summed E-state index contributed by atoms with van der Waals surface area (Å²) in [6, 6.07) is 1.85. The van der Waals surface area contributed by atoms with Gasteiger partial charge in [0.2, 0.25) is 0 Å². The van der Waals surface area contributed by atoms with Crippen molar-refractivity contribution in [1.29, 1.82) is 0 Å². The first-order valence-electron chi connectivity index (χ1n) is 5.21. The summed E-state index contributed by atoms with van der Waals surface area (Å²) in [6.45, 7) is 6.73. The van der Waals surface area contributed by atoms with E-state index in [-0.39, 0.29) is 0 Å². The molecule has 0 fully saturated rings. The van der Waals surface area contributed by atoms with Crippen molar-refractivity contribution in [2.75, 3.05) is 13.2 Å². The lowest BCUT2D eigenvalue weighted by Gasteiger charge is -2.13. The van der Waals surface area contributed by atoms with Gasteiger partial charge in [0, 0.05) is 12.2 Å². The maximum absolute atomic E-state index is 9.86. The molecule has 0 aromatic carbocycles. The van der Waals surface area contributed by atoms with Gasteiger partial charge in [-0.15, -0.1) is 0 Å². The van der Waals surface area contributed by atoms with Gasteiger partial charge in [-0.05, 0) is 26.3 Å². The number of ether oxygens (including phenoxy) is 1. The fourth-order valence-corrected chi connectivity index (χ4v) is 1.34. The number of hydrogen-bond acceptors (Lipinski definition) is 4. The predicted octanol–water partition coefficient (Wildman–Crippen LogP) is 1.55. The van der Waals surface area contributed by atoms with E-state index in [4.69, 9.17) is 4.74 Å². The standard InChI is InChI=1S/C11H18N2O2/c1-4-5-15-7-11(14)10-6-8(2)12-13-9(10)3/h6,11,14H,4-5,7H2,1-3H3. The zero-order valence-electron chi connectivity index (χ0n) is 9.53. The molecule has 1 aromatic heterocycles. The molecule has 1 aromatic rings. The second kappa shape index (κ2) is 5.78. The summed E-state index contributed by atoms with van der Waals surface area (Å²) in [5.41, 5.74) is 2.37. The van der Waals surface area contributed by atoms with Crippen molar-refractivity contribution in [3.05, 3.63) is 23.0 Å². The molecule has 15 heavy (non-hydrogen) atoms. The molecule has 0 spiro atoms. The Balaban J connectivity index is 2.64. The first-order chi connectivity index (χ1) is 7.15. The van der Waals surface area contributed by atoms with Crippen molar-refractivity contribution in [3.8, 4) is 0 Å². The van der Waals surface area contributed by atoms with Crippen molar-refractivity contribution in [2.45, 2.75) is 33.3 Å². The lowest BCUT2D eigenvalue weighted by atomic mass is 10.1. The van der Waals surface area contributed by atoms with E-state index in [2.05, 4.69) is 10.2 Å². The van der Waals surface area contributed by atoms with Crippen LogP contribution in [0.25, 0.3) is 0 Å². The molecule has 1 rings (SSSR count). The maximum Gasteiger partial charge on any atom is 0.104 e. The Morgan fingerprint density at radius 1 is 1.40 bits per heavy atom. The molecule has 0 amide bonds. The molecule has 0 saturated heterocycles. The van der Waals surface area contributed by atoms with Crippen LogP contribution in [-0.2, 0) is 4.74 Å². The van der Waals surface area contributed by atoms with Crippen LogP contribution < -0.4 is 0 Å². The molecule has 4 nitrogen and oxygen atoms in total. The smallest absolute Gasteiger partial charge is 0.104 e. The van der Waals surface area contributed by atoms with Gasteiger partial charge in [0.1, 0.15) is 6.10 Å². The van der Waals surface area contributed by atoms with Gasteiger partial charge in [-0.2, -0.15) is 10.2 Å². The molecule has 0 aliphatic carbocycles. The Hall–Kier alpha value is -1.00. The monoisotopic (exact) mass is 210 g/mol. The van der Waals surface area contributed by atoms with Crippen LogP contribution >= 0.6 is 0 Å². The van der Waals surface area contributed by atoms with Crippen molar-refractivity contribution in [1.82, 2.24) is 10.2 Å². The summed E-state index contributed by atoms with van der Waals surface area (Å²) >= 11 is 0. The second-order valence-corrected chi connectivity index (χ2v) is 3.62. The van der Waals surface area contributed by atoms with Crippen LogP contribution in [0.1, 0.15) is 36.4 Å². The van der Waals surface area contributed by atoms with Crippen molar-refractivity contribution < 1.29 is 9.84 Å². The van der Waals surface area contributed by atoms with Crippen molar-refractivity contribution in [3.63, 3.8) is 0 Å². The molecule has 0 bridgehead atoms. The molecule has 0 saturated carbocycles. The largest absolute Gasteiger partial charge is 0.386 e. The van der Waals surface area contributed by atoms with Crippen molar-refractivity contribution >= 4 is 0 Å². The van der Waals surface area contributed by atoms with Crippen LogP contribution in [0.15, 0.2) is 6.07 Å². The van der Waals surface area contributed by atoms with Gasteiger partial charge in [-0.25, -0.2) is 0 Å². The number of aromatic nitrogens is 2. The third-order valence-electron chi connectivity index (χ3n) is 2.12. The highest BCUT2D eigenvalue weighted by Crippen LogP contribution is 2.16. The van der Waals surface area contributed by atoms with Crippen LogP contribution in [0.2, 0.25) is 0 Å². The minimum absolute atomic E-state index is 0.319. The van der Waals surface area contributed by atoms with E-state index in [0.717, 1.165) is 23.4 Å². The average molecular weight is 210 g/mol. The van der Waals surface area contributed by atoms with Gasteiger partial charge in [-0.1, -0.05) is 6.92 Å². The van der Waals surface area contributed by atoms with Crippen LogP contribution in [0.5, 0.6) is 0 Å². The number of nitrogens with zero attached hydrogens (tertiary/aromatic N) is 2. The number of hydrogen-bond donors (Lipinski definition) is 1. The van der Waals surface area contributed by atoms with E-state index < -0.39 is 6.10 Å². The van der Waals surface area contributed by atoms with Gasteiger partial charge in [-0.3, -0.25) is 0 Å². The van der Waals surface area contributed by atoms with E-state index in [1.54, 1.807) is 0 Å². The Morgan fingerprint density at radius 2 is 2.13 bits per heavy atom. The van der Waals surface area contributed by atoms with Gasteiger partial charge in [0.25, 0.3) is 0 Å². The van der Waals surface area contributed by atoms with Gasteiger partial charge in [0.15, 0.2) is 0 Å². The molecular weight excluding hydrogens is 192 g/mol. The zero-order valence-corrected chi connectivity index (χ0v) is 9.53. The van der Waals surface area contributed by atoms with Gasteiger partial charge >= 0.3 is 0 Å². The van der Waals surface area contributed by atoms with E-state index in [1.165, 1.54) is 0 Å². The quantitative estimate of drug-likeness (QED) is 0.749. The summed E-state index contributed by atoms with van der Waals surface area (Å²) in [5, 5.41) is 17.7. The molecule has 0 radical (unpaired) electrons. The minimum Gasteiger partial charge on any atom is -0.386 e. The Morgan fingerprint density at radius 3 is 2.80 bits per heavy atom. The molecule has 1 unspecified atom stereocenters. The normalized spacial score (nSPS) is 12.8. The molecule has 1 heterocycles. The first-order valence-corrected chi connectivity index (χ1v) is 5.21. The van der Waals surface area contributed by atoms with E-state index in [1.807, 2.05) is 26.8 Å². The zero-order chi connectivity index (χ0) is 11.3. The maximum atomic E-state index is 9.86. The number of rotatable bonds is 5. The van der Waals surface area contributed by atoms with Crippen LogP contribution in [-0.4, -0.2) is 28.5 Å². The Kier molecular flexibility index (Phi) is 4.65. The topological polar surface area (TPSA) is 55.2 Å². The van der Waals surface area contributed by atoms with Crippen LogP contribution in [0.4, 0.5) is 0 Å². The Labute approximate surface area is 90.3 Å². The first kappa shape index (κ1) is 12.1. The molecule has 1 atom stereocenters. The third-order valence-corrected chi connectivity index (χ3v) is 2.12. The van der Waals surface area contributed by atoms with Gasteiger partial charge in [0.05, 0.1) is 18.0 Å². The van der Waals surface area contributed by atoms with Crippen LogP contribution in [0, 0.1) is 13.8 Å². The SMILES string of the molecule is CCCOCC(O)c1cc(C)nnc1C. The number of aryl methyl sites for hydroxylation is 2. The summed E-state index contributed by atoms with van der Waals surface area (Å²) in [7, 11) is 0. The number of aliphatic hydroxyl groups excluding tert-OH is 1. The van der Waals surface area contributed by atoms with E-state index >= 15 is 0 Å². The summed E-state index contributed by atoms with van der Waals surface area (Å²) in [4.78, 5) is 0. The summed E-state index contributed by atoms with van der Waals surface area (Å²) < 4.78 is 5.30. The molecule has 1 N–H and O–H groups in total. The molecule has 4 heteroatoms. The molecular formula is C11H18N2O2. The molecule has 0 aliphatic heterocycles. The highest BCUT2D eigenvalue weighted by Gasteiger charge is 2.12. The van der Waals surface area contributed by atoms with Gasteiger partial charge < -0.3 is 9.84 Å². The average Bonchev–Trinajstić information content (AvgIpc) is 2.22. The van der Waals surface area contributed by atoms with E-state index in [9.17, 15) is 5.11 Å². The fourth-order valence-electron chi connectivity index (χ4n) is 1.34. The second-order valence-electron chi connectivity index (χ2n) is 3.62. The highest BCUT2D eigenvalue weighted by molar-refractivity contribution is 5.22. The molecule has 84 valence electrons. The lowest BCUT2D eigenvalue weighted by molar-refractivity contribution is 0.0357. The Bertz CT molecular complexity index is 315. The summed E-state index contributed by atoms with van der Waals surface area (Å²) in [5.74, 6) is 0. The van der Waals surface area contributed by atoms with E-state index in [0.29, 0.717) is 13.2 Å². The predicted molar refractivity (Wildman–Crippen MR) is 57.6 cm³/mol. The number of aliphatic hydroxyl groups is 1. The summed E-state index contributed by atoms with van der Waals surface area (Å²) in [6.07, 6.45) is 0.352. The molecule has 0 aliphatic rings.